The summed E-state index contributed by atoms with van der Waals surface area (Å²) < 4.78 is 11.2. The molecule has 2 aromatic rings. The van der Waals surface area contributed by atoms with Crippen molar-refractivity contribution < 1.29 is 9.47 Å². The zero-order valence-corrected chi connectivity index (χ0v) is 19.4. The molecule has 2 aromatic carbocycles. The largest absolute Gasteiger partial charge is 0.493 e. The van der Waals surface area contributed by atoms with Gasteiger partial charge in [0.25, 0.3) is 0 Å². The van der Waals surface area contributed by atoms with Gasteiger partial charge in [-0.3, -0.25) is 4.90 Å². The maximum absolute atomic E-state index is 5.62. The van der Waals surface area contributed by atoms with E-state index in [4.69, 9.17) is 21.7 Å². The van der Waals surface area contributed by atoms with Crippen LogP contribution in [0.4, 0.5) is 0 Å². The molecule has 0 aliphatic carbocycles. The molecule has 0 bridgehead atoms. The summed E-state index contributed by atoms with van der Waals surface area (Å²) in [5, 5.41) is 7.49. The van der Waals surface area contributed by atoms with Crippen LogP contribution in [0.5, 0.6) is 11.5 Å². The van der Waals surface area contributed by atoms with Crippen LogP contribution in [0.1, 0.15) is 43.5 Å². The summed E-state index contributed by atoms with van der Waals surface area (Å²) in [7, 11) is 3.37. The molecular weight excluding hydrogens is 394 g/mol. The van der Waals surface area contributed by atoms with Gasteiger partial charge in [0.15, 0.2) is 16.6 Å². The first kappa shape index (κ1) is 22.4. The monoisotopic (exact) mass is 427 g/mol. The van der Waals surface area contributed by atoms with E-state index >= 15 is 0 Å². The summed E-state index contributed by atoms with van der Waals surface area (Å²) in [4.78, 5) is 2.53. The van der Waals surface area contributed by atoms with E-state index < -0.39 is 0 Å². The first-order chi connectivity index (χ1) is 14.4. The highest BCUT2D eigenvalue weighted by Gasteiger charge is 2.33. The topological polar surface area (TPSA) is 45.8 Å². The van der Waals surface area contributed by atoms with E-state index in [1.807, 2.05) is 0 Å². The number of benzene rings is 2. The van der Waals surface area contributed by atoms with Crippen LogP contribution in [0.2, 0.25) is 0 Å². The SMILES string of the molecule is COc1cc2c(cc1OC)C(C(C)NC(=S)NC(C)C)N(Cc1ccccc1)CC2. The highest BCUT2D eigenvalue weighted by molar-refractivity contribution is 7.80. The minimum absolute atomic E-state index is 0.115. The number of nitrogens with zero attached hydrogens (tertiary/aromatic N) is 1. The number of methoxy groups -OCH3 is 2. The Bertz CT molecular complexity index is 857. The standard InChI is InChI=1S/C24H33N3O2S/c1-16(2)25-24(30)26-17(3)23-20-14-22(29-5)21(28-4)13-19(20)11-12-27(23)15-18-9-7-6-8-10-18/h6-10,13-14,16-17,23H,11-12,15H2,1-5H3,(H2,25,26,30). The molecule has 1 heterocycles. The fraction of sp³-hybridized carbons (Fsp3) is 0.458. The molecule has 3 rings (SSSR count). The van der Waals surface area contributed by atoms with Crippen molar-refractivity contribution in [3.05, 3.63) is 59.2 Å². The van der Waals surface area contributed by atoms with Gasteiger partial charge in [0, 0.05) is 25.2 Å². The lowest BCUT2D eigenvalue weighted by Crippen LogP contribution is -2.50. The molecule has 0 fully saturated rings. The van der Waals surface area contributed by atoms with Gasteiger partial charge in [-0.2, -0.15) is 0 Å². The van der Waals surface area contributed by atoms with Crippen LogP contribution in [-0.4, -0.2) is 42.9 Å². The Kier molecular flexibility index (Phi) is 7.56. The second-order valence-corrected chi connectivity index (χ2v) is 8.53. The molecule has 0 aromatic heterocycles. The van der Waals surface area contributed by atoms with Gasteiger partial charge in [-0.25, -0.2) is 0 Å². The Morgan fingerprint density at radius 2 is 1.73 bits per heavy atom. The Morgan fingerprint density at radius 3 is 2.37 bits per heavy atom. The van der Waals surface area contributed by atoms with Crippen molar-refractivity contribution in [3.8, 4) is 11.5 Å². The minimum Gasteiger partial charge on any atom is -0.493 e. The van der Waals surface area contributed by atoms with Gasteiger partial charge in [0.05, 0.1) is 20.3 Å². The summed E-state index contributed by atoms with van der Waals surface area (Å²) in [5.41, 5.74) is 3.88. The predicted octanol–water partition coefficient (Wildman–Crippen LogP) is 4.06. The van der Waals surface area contributed by atoms with E-state index in [-0.39, 0.29) is 12.1 Å². The van der Waals surface area contributed by atoms with Crippen molar-refractivity contribution in [1.29, 1.82) is 0 Å². The fourth-order valence-electron chi connectivity index (χ4n) is 4.20. The van der Waals surface area contributed by atoms with Crippen LogP contribution in [0.15, 0.2) is 42.5 Å². The zero-order chi connectivity index (χ0) is 21.7. The molecule has 162 valence electrons. The van der Waals surface area contributed by atoms with Crippen molar-refractivity contribution in [2.24, 2.45) is 0 Å². The van der Waals surface area contributed by atoms with Crippen molar-refractivity contribution in [2.75, 3.05) is 20.8 Å². The van der Waals surface area contributed by atoms with Gasteiger partial charge in [-0.05, 0) is 68.2 Å². The maximum atomic E-state index is 5.62. The summed E-state index contributed by atoms with van der Waals surface area (Å²) in [5.74, 6) is 1.54. The number of ether oxygens (including phenoxy) is 2. The third-order valence-corrected chi connectivity index (χ3v) is 5.74. The smallest absolute Gasteiger partial charge is 0.166 e. The van der Waals surface area contributed by atoms with Gasteiger partial charge in [-0.15, -0.1) is 0 Å². The number of rotatable bonds is 7. The predicted molar refractivity (Wildman–Crippen MR) is 126 cm³/mol. The molecular formula is C24H33N3O2S. The number of nitrogens with one attached hydrogen (secondary N) is 2. The minimum atomic E-state index is 0.115. The lowest BCUT2D eigenvalue weighted by Gasteiger charge is -2.41. The van der Waals surface area contributed by atoms with Crippen molar-refractivity contribution >= 4 is 17.3 Å². The Hall–Kier alpha value is -2.31. The van der Waals surface area contributed by atoms with Gasteiger partial charge in [0.1, 0.15) is 0 Å². The van der Waals surface area contributed by atoms with Crippen LogP contribution in [-0.2, 0) is 13.0 Å². The van der Waals surface area contributed by atoms with E-state index in [0.717, 1.165) is 31.0 Å². The number of hydrogen-bond acceptors (Lipinski definition) is 4. The normalized spacial score (nSPS) is 17.2. The molecule has 0 radical (unpaired) electrons. The molecule has 30 heavy (non-hydrogen) atoms. The first-order valence-electron chi connectivity index (χ1n) is 10.5. The molecule has 1 aliphatic rings. The molecule has 0 spiro atoms. The Morgan fingerprint density at radius 1 is 1.07 bits per heavy atom. The van der Waals surface area contributed by atoms with Crippen molar-refractivity contribution in [3.63, 3.8) is 0 Å². The molecule has 2 unspecified atom stereocenters. The third-order valence-electron chi connectivity index (χ3n) is 5.51. The quantitative estimate of drug-likeness (QED) is 0.650. The average Bonchev–Trinajstić information content (AvgIpc) is 2.72. The molecule has 2 N–H and O–H groups in total. The molecule has 5 nitrogen and oxygen atoms in total. The highest BCUT2D eigenvalue weighted by atomic mass is 32.1. The average molecular weight is 428 g/mol. The molecule has 2 atom stereocenters. The summed E-state index contributed by atoms with van der Waals surface area (Å²) in [6.07, 6.45) is 0.973. The van der Waals surface area contributed by atoms with Gasteiger partial charge in [0.2, 0.25) is 0 Å². The fourth-order valence-corrected chi connectivity index (χ4v) is 4.62. The van der Waals surface area contributed by atoms with Gasteiger partial charge >= 0.3 is 0 Å². The van der Waals surface area contributed by atoms with Crippen molar-refractivity contribution in [2.45, 2.75) is 51.9 Å². The third kappa shape index (κ3) is 5.24. The van der Waals surface area contributed by atoms with Crippen LogP contribution >= 0.6 is 12.2 Å². The van der Waals surface area contributed by atoms with Crippen LogP contribution in [0, 0.1) is 0 Å². The van der Waals surface area contributed by atoms with E-state index in [1.165, 1.54) is 16.7 Å². The molecule has 1 aliphatic heterocycles. The van der Waals surface area contributed by atoms with Crippen LogP contribution < -0.4 is 20.1 Å². The van der Waals surface area contributed by atoms with E-state index in [0.29, 0.717) is 11.2 Å². The van der Waals surface area contributed by atoms with Gasteiger partial charge in [-0.1, -0.05) is 30.3 Å². The Labute approximate surface area is 185 Å². The lowest BCUT2D eigenvalue weighted by atomic mass is 9.87. The molecule has 0 amide bonds. The number of thiocarbonyl (C=S) groups is 1. The second kappa shape index (κ2) is 10.1. The number of hydrogen-bond donors (Lipinski definition) is 2. The van der Waals surface area contributed by atoms with Gasteiger partial charge < -0.3 is 20.1 Å². The molecule has 0 saturated heterocycles. The van der Waals surface area contributed by atoms with Crippen molar-refractivity contribution in [1.82, 2.24) is 15.5 Å². The number of fused-ring (bicyclic) bond motifs is 1. The van der Waals surface area contributed by atoms with E-state index in [9.17, 15) is 0 Å². The maximum Gasteiger partial charge on any atom is 0.166 e. The lowest BCUT2D eigenvalue weighted by molar-refractivity contribution is 0.149. The molecule has 0 saturated carbocycles. The molecule has 6 heteroatoms. The first-order valence-corrected chi connectivity index (χ1v) is 10.9. The van der Waals surface area contributed by atoms with Crippen LogP contribution in [0.25, 0.3) is 0 Å². The summed E-state index contributed by atoms with van der Waals surface area (Å²) in [6, 6.07) is 15.4. The summed E-state index contributed by atoms with van der Waals surface area (Å²) >= 11 is 5.55. The van der Waals surface area contributed by atoms with Crippen LogP contribution in [0.3, 0.4) is 0 Å². The van der Waals surface area contributed by atoms with E-state index in [1.54, 1.807) is 14.2 Å². The highest BCUT2D eigenvalue weighted by Crippen LogP contribution is 2.40. The Balaban J connectivity index is 1.95. The second-order valence-electron chi connectivity index (χ2n) is 8.12. The zero-order valence-electron chi connectivity index (χ0n) is 18.6. The van der Waals surface area contributed by atoms with E-state index in [2.05, 4.69) is 78.8 Å². The summed E-state index contributed by atoms with van der Waals surface area (Å²) in [6.45, 7) is 8.23.